The average molecular weight is 589 g/mol. The van der Waals surface area contributed by atoms with E-state index in [0.717, 1.165) is 28.7 Å². The van der Waals surface area contributed by atoms with Crippen LogP contribution >= 0.6 is 0 Å². The first-order valence-electron chi connectivity index (χ1n) is 14.3. The summed E-state index contributed by atoms with van der Waals surface area (Å²) in [4.78, 5) is 32.5. The molecular formula is C33H37FN4O5. The monoisotopic (exact) mass is 588 g/mol. The number of hydrogen-bond donors (Lipinski definition) is 1. The number of benzene rings is 2. The zero-order chi connectivity index (χ0) is 31.2. The number of fused-ring (bicyclic) bond motifs is 2. The first kappa shape index (κ1) is 30.2. The number of carboxylic acid groups (broad SMARTS) is 1. The van der Waals surface area contributed by atoms with Crippen LogP contribution in [0.25, 0.3) is 16.9 Å². The molecule has 10 heteroatoms. The van der Waals surface area contributed by atoms with Crippen molar-refractivity contribution in [3.63, 3.8) is 0 Å². The lowest BCUT2D eigenvalue weighted by atomic mass is 9.91. The van der Waals surface area contributed by atoms with E-state index in [2.05, 4.69) is 10.1 Å². The molecule has 1 N–H and O–H groups in total. The van der Waals surface area contributed by atoms with E-state index >= 15 is 4.39 Å². The third kappa shape index (κ3) is 5.97. The molecule has 43 heavy (non-hydrogen) atoms. The fourth-order valence-electron chi connectivity index (χ4n) is 5.54. The number of halogens is 1. The smallest absolute Gasteiger partial charge is 0.337 e. The van der Waals surface area contributed by atoms with E-state index in [9.17, 15) is 14.7 Å². The minimum atomic E-state index is -1.44. The van der Waals surface area contributed by atoms with Gasteiger partial charge in [-0.2, -0.15) is 5.10 Å². The zero-order valence-electron chi connectivity index (χ0n) is 25.6. The molecule has 2 aromatic heterocycles. The third-order valence-corrected chi connectivity index (χ3v) is 7.58. The molecule has 0 spiro atoms. The van der Waals surface area contributed by atoms with Crippen molar-refractivity contribution in [1.82, 2.24) is 19.5 Å². The van der Waals surface area contributed by atoms with Gasteiger partial charge in [-0.1, -0.05) is 29.8 Å². The van der Waals surface area contributed by atoms with Crippen molar-refractivity contribution >= 4 is 17.5 Å². The van der Waals surface area contributed by atoms with Crippen molar-refractivity contribution in [2.24, 2.45) is 0 Å². The number of carbonyl (C=O) groups is 2. The second kappa shape index (κ2) is 11.4. The molecule has 3 heterocycles. The summed E-state index contributed by atoms with van der Waals surface area (Å²) in [6.45, 7) is 11.6. The van der Waals surface area contributed by atoms with Crippen LogP contribution in [-0.4, -0.2) is 55.7 Å². The number of rotatable bonds is 7. The molecule has 2 aromatic carbocycles. The molecular weight excluding hydrogens is 551 g/mol. The summed E-state index contributed by atoms with van der Waals surface area (Å²) in [7, 11) is 1.69. The standard InChI is InChI=1S/C33H37FN4O5/c1-18-10-12-21(13-11-18)17-37(7)31(39)25-16-26-35-20(3)27(30(32(40)41)43-33(4,5)6)28(38(26)36-25)23-15-24(34)29-22(19(23)2)9-8-14-42-29/h10-13,15-16,30H,8-9,14,17H2,1-7H3,(H,40,41). The predicted molar refractivity (Wildman–Crippen MR) is 160 cm³/mol. The van der Waals surface area contributed by atoms with Crippen LogP contribution in [0, 0.1) is 26.6 Å². The topological polar surface area (TPSA) is 106 Å². The molecule has 4 aromatic rings. The maximum Gasteiger partial charge on any atom is 0.337 e. The quantitative estimate of drug-likeness (QED) is 0.282. The number of carboxylic acids is 1. The Kier molecular flexibility index (Phi) is 8.00. The molecule has 0 bridgehead atoms. The summed E-state index contributed by atoms with van der Waals surface area (Å²) in [5, 5.41) is 15.0. The van der Waals surface area contributed by atoms with Gasteiger partial charge in [0.25, 0.3) is 5.91 Å². The summed E-state index contributed by atoms with van der Waals surface area (Å²) in [5.74, 6) is -1.89. The summed E-state index contributed by atoms with van der Waals surface area (Å²) in [6, 6.07) is 10.8. The van der Waals surface area contributed by atoms with Crippen LogP contribution in [0.4, 0.5) is 4.39 Å². The highest BCUT2D eigenvalue weighted by atomic mass is 19.1. The Balaban J connectivity index is 1.72. The van der Waals surface area contributed by atoms with Crippen molar-refractivity contribution in [3.05, 3.63) is 81.4 Å². The number of amides is 1. The van der Waals surface area contributed by atoms with E-state index in [1.54, 1.807) is 45.7 Å². The number of hydrogen-bond acceptors (Lipinski definition) is 6. The van der Waals surface area contributed by atoms with Gasteiger partial charge in [-0.3, -0.25) is 4.79 Å². The number of carbonyl (C=O) groups excluding carboxylic acids is 1. The molecule has 1 aliphatic rings. The Labute approximate surface area is 250 Å². The Hall–Kier alpha value is -4.31. The number of nitrogens with zero attached hydrogens (tertiary/aromatic N) is 4. The molecule has 0 radical (unpaired) electrons. The molecule has 0 saturated carbocycles. The second-order valence-corrected chi connectivity index (χ2v) is 12.1. The Morgan fingerprint density at radius 1 is 1.16 bits per heavy atom. The number of ether oxygens (including phenoxy) is 2. The molecule has 5 rings (SSSR count). The van der Waals surface area contributed by atoms with Gasteiger partial charge >= 0.3 is 5.97 Å². The first-order valence-corrected chi connectivity index (χ1v) is 14.3. The maximum atomic E-state index is 15.6. The van der Waals surface area contributed by atoms with Crippen LogP contribution in [0.5, 0.6) is 5.75 Å². The molecule has 0 fully saturated rings. The first-order chi connectivity index (χ1) is 20.2. The van der Waals surface area contributed by atoms with Crippen LogP contribution in [0.15, 0.2) is 36.4 Å². The molecule has 9 nitrogen and oxygen atoms in total. The highest BCUT2D eigenvalue weighted by Crippen LogP contribution is 2.41. The summed E-state index contributed by atoms with van der Waals surface area (Å²) in [6.07, 6.45) is -0.0937. The van der Waals surface area contributed by atoms with E-state index in [1.165, 1.54) is 10.6 Å². The van der Waals surface area contributed by atoms with Crippen LogP contribution in [0.1, 0.15) is 77.3 Å². The van der Waals surface area contributed by atoms with E-state index in [-0.39, 0.29) is 22.9 Å². The summed E-state index contributed by atoms with van der Waals surface area (Å²) < 4.78 is 28.7. The molecule has 1 amide bonds. The summed E-state index contributed by atoms with van der Waals surface area (Å²) >= 11 is 0. The van der Waals surface area contributed by atoms with Crippen LogP contribution < -0.4 is 4.74 Å². The van der Waals surface area contributed by atoms with Gasteiger partial charge in [-0.05, 0) is 71.6 Å². The zero-order valence-corrected chi connectivity index (χ0v) is 25.6. The highest BCUT2D eigenvalue weighted by molar-refractivity contribution is 5.93. The molecule has 1 unspecified atom stereocenters. The van der Waals surface area contributed by atoms with Crippen molar-refractivity contribution in [3.8, 4) is 17.0 Å². The lowest BCUT2D eigenvalue weighted by Gasteiger charge is -2.28. The minimum absolute atomic E-state index is 0.128. The van der Waals surface area contributed by atoms with Crippen LogP contribution in [0.3, 0.4) is 0 Å². The molecule has 226 valence electrons. The fourth-order valence-corrected chi connectivity index (χ4v) is 5.54. The average Bonchev–Trinajstić information content (AvgIpc) is 3.37. The Bertz CT molecular complexity index is 1720. The third-order valence-electron chi connectivity index (χ3n) is 7.58. The van der Waals surface area contributed by atoms with E-state index in [0.29, 0.717) is 42.2 Å². The van der Waals surface area contributed by atoms with Gasteiger partial charge in [-0.15, -0.1) is 0 Å². The van der Waals surface area contributed by atoms with E-state index in [1.807, 2.05) is 38.1 Å². The van der Waals surface area contributed by atoms with Gasteiger partial charge in [0.2, 0.25) is 0 Å². The Morgan fingerprint density at radius 3 is 2.51 bits per heavy atom. The van der Waals surface area contributed by atoms with Gasteiger partial charge in [0.1, 0.15) is 0 Å². The van der Waals surface area contributed by atoms with Gasteiger partial charge in [0.05, 0.1) is 17.9 Å². The number of aromatic nitrogens is 3. The molecule has 0 aliphatic carbocycles. The predicted octanol–water partition coefficient (Wildman–Crippen LogP) is 6.00. The lowest BCUT2D eigenvalue weighted by Crippen LogP contribution is -2.29. The highest BCUT2D eigenvalue weighted by Gasteiger charge is 2.35. The molecule has 0 saturated heterocycles. The van der Waals surface area contributed by atoms with Gasteiger partial charge in [0.15, 0.2) is 29.0 Å². The van der Waals surface area contributed by atoms with E-state index < -0.39 is 23.5 Å². The normalized spacial score (nSPS) is 13.9. The Morgan fingerprint density at radius 2 is 1.86 bits per heavy atom. The maximum absolute atomic E-state index is 15.6. The van der Waals surface area contributed by atoms with Crippen LogP contribution in [-0.2, 0) is 22.5 Å². The van der Waals surface area contributed by atoms with Crippen molar-refractivity contribution in [2.45, 2.75) is 72.6 Å². The molecule has 1 aliphatic heterocycles. The van der Waals surface area contributed by atoms with Crippen molar-refractivity contribution in [2.75, 3.05) is 13.7 Å². The van der Waals surface area contributed by atoms with Crippen LogP contribution in [0.2, 0.25) is 0 Å². The van der Waals surface area contributed by atoms with Crippen molar-refractivity contribution in [1.29, 1.82) is 0 Å². The second-order valence-electron chi connectivity index (χ2n) is 12.1. The van der Waals surface area contributed by atoms with Gasteiger partial charge < -0.3 is 19.5 Å². The van der Waals surface area contributed by atoms with Crippen molar-refractivity contribution < 1.29 is 28.6 Å². The number of aliphatic carboxylic acids is 1. The SMILES string of the molecule is Cc1ccc(CN(C)C(=O)c2cc3nc(C)c(C(OC(C)(C)C)C(=O)O)c(-c4cc(F)c5c(c4C)CCCO5)n3n2)cc1. The molecule has 1 atom stereocenters. The van der Waals surface area contributed by atoms with Gasteiger partial charge in [0, 0.05) is 42.0 Å². The van der Waals surface area contributed by atoms with Gasteiger partial charge in [-0.25, -0.2) is 18.7 Å². The summed E-state index contributed by atoms with van der Waals surface area (Å²) in [5.41, 5.74) is 4.55. The minimum Gasteiger partial charge on any atom is -0.490 e. The number of aryl methyl sites for hydroxylation is 2. The largest absolute Gasteiger partial charge is 0.490 e. The van der Waals surface area contributed by atoms with E-state index in [4.69, 9.17) is 9.47 Å². The fraction of sp³-hybridized carbons (Fsp3) is 0.394. The lowest BCUT2D eigenvalue weighted by molar-refractivity contribution is -0.160.